The van der Waals surface area contributed by atoms with E-state index < -0.39 is 0 Å². The summed E-state index contributed by atoms with van der Waals surface area (Å²) in [6.45, 7) is 0.837. The van der Waals surface area contributed by atoms with E-state index in [1.54, 1.807) is 0 Å². The zero-order valence-corrected chi connectivity index (χ0v) is 9.63. The normalized spacial score (nSPS) is 39.0. The van der Waals surface area contributed by atoms with Crippen LogP contribution in [0.1, 0.15) is 38.5 Å². The number of nitrogens with zero attached hydrogens (tertiary/aromatic N) is 1. The van der Waals surface area contributed by atoms with Gasteiger partial charge in [-0.15, -0.1) is 0 Å². The lowest BCUT2D eigenvalue weighted by Crippen LogP contribution is -2.53. The minimum atomic E-state index is 0.325. The monoisotopic (exact) mass is 196 g/mol. The van der Waals surface area contributed by atoms with Crippen LogP contribution in [-0.4, -0.2) is 31.1 Å². The zero-order valence-electron chi connectivity index (χ0n) is 9.63. The van der Waals surface area contributed by atoms with E-state index in [4.69, 9.17) is 5.73 Å². The highest BCUT2D eigenvalue weighted by Crippen LogP contribution is 2.47. The van der Waals surface area contributed by atoms with Crippen LogP contribution in [0, 0.1) is 11.8 Å². The van der Waals surface area contributed by atoms with E-state index in [9.17, 15) is 0 Å². The summed E-state index contributed by atoms with van der Waals surface area (Å²) in [6, 6.07) is 0. The van der Waals surface area contributed by atoms with Crippen LogP contribution in [0.5, 0.6) is 0 Å². The van der Waals surface area contributed by atoms with Crippen molar-refractivity contribution >= 4 is 0 Å². The van der Waals surface area contributed by atoms with Crippen molar-refractivity contribution in [3.63, 3.8) is 0 Å². The Kier molecular flexibility index (Phi) is 2.85. The van der Waals surface area contributed by atoms with Crippen molar-refractivity contribution < 1.29 is 0 Å². The average molecular weight is 196 g/mol. The van der Waals surface area contributed by atoms with Gasteiger partial charge in [0.1, 0.15) is 0 Å². The van der Waals surface area contributed by atoms with Gasteiger partial charge in [-0.1, -0.05) is 12.8 Å². The van der Waals surface area contributed by atoms with Crippen molar-refractivity contribution in [2.75, 3.05) is 20.6 Å². The van der Waals surface area contributed by atoms with E-state index in [1.807, 2.05) is 0 Å². The maximum atomic E-state index is 5.98. The first-order valence-corrected chi connectivity index (χ1v) is 6.05. The first kappa shape index (κ1) is 10.4. The van der Waals surface area contributed by atoms with E-state index >= 15 is 0 Å². The first-order valence-electron chi connectivity index (χ1n) is 6.05. The second-order valence-electron chi connectivity index (χ2n) is 5.52. The first-order chi connectivity index (χ1) is 6.68. The summed E-state index contributed by atoms with van der Waals surface area (Å²) in [6.07, 6.45) is 8.47. The predicted octanol–water partition coefficient (Wildman–Crippen LogP) is 1.85. The Bertz CT molecular complexity index is 198. The van der Waals surface area contributed by atoms with Crippen LogP contribution in [0.25, 0.3) is 0 Å². The van der Waals surface area contributed by atoms with Crippen molar-refractivity contribution in [3.05, 3.63) is 0 Å². The molecule has 0 amide bonds. The number of hydrogen-bond acceptors (Lipinski definition) is 2. The number of likely N-dealkylation sites (N-methyl/N-ethyl adjacent to an activating group) is 1. The molecule has 2 aliphatic rings. The molecule has 0 aromatic rings. The molecule has 14 heavy (non-hydrogen) atoms. The van der Waals surface area contributed by atoms with Gasteiger partial charge in [-0.25, -0.2) is 0 Å². The molecule has 82 valence electrons. The molecule has 2 nitrogen and oxygen atoms in total. The lowest BCUT2D eigenvalue weighted by Gasteiger charge is -2.45. The Morgan fingerprint density at radius 1 is 1.21 bits per heavy atom. The molecule has 2 fully saturated rings. The van der Waals surface area contributed by atoms with Crippen molar-refractivity contribution in [2.45, 2.75) is 44.1 Å². The SMILES string of the molecule is CN(C)C1(CN)CCCC(C2CC2)C1. The molecular formula is C12H24N2. The molecule has 2 rings (SSSR count). The molecule has 0 spiro atoms. The second kappa shape index (κ2) is 3.82. The van der Waals surface area contributed by atoms with Gasteiger partial charge in [0, 0.05) is 12.1 Å². The summed E-state index contributed by atoms with van der Waals surface area (Å²) < 4.78 is 0. The van der Waals surface area contributed by atoms with Crippen molar-refractivity contribution in [1.29, 1.82) is 0 Å². The average Bonchev–Trinajstić information content (AvgIpc) is 3.01. The Balaban J connectivity index is 2.02. The van der Waals surface area contributed by atoms with Crippen molar-refractivity contribution in [2.24, 2.45) is 17.6 Å². The molecule has 0 heterocycles. The highest BCUT2D eigenvalue weighted by molar-refractivity contribution is 4.98. The summed E-state index contributed by atoms with van der Waals surface area (Å²) in [5.41, 5.74) is 6.31. The van der Waals surface area contributed by atoms with Gasteiger partial charge in [0.2, 0.25) is 0 Å². The van der Waals surface area contributed by atoms with Crippen LogP contribution in [-0.2, 0) is 0 Å². The molecular weight excluding hydrogens is 172 g/mol. The van der Waals surface area contributed by atoms with Crippen molar-refractivity contribution in [3.8, 4) is 0 Å². The number of hydrogen-bond donors (Lipinski definition) is 1. The van der Waals surface area contributed by atoms with Gasteiger partial charge in [-0.2, -0.15) is 0 Å². The van der Waals surface area contributed by atoms with Crippen molar-refractivity contribution in [1.82, 2.24) is 4.90 Å². The van der Waals surface area contributed by atoms with Crippen LogP contribution < -0.4 is 5.73 Å². The highest BCUT2D eigenvalue weighted by Gasteiger charge is 2.42. The van der Waals surface area contributed by atoms with E-state index in [1.165, 1.54) is 38.5 Å². The largest absolute Gasteiger partial charge is 0.329 e. The van der Waals surface area contributed by atoms with E-state index in [2.05, 4.69) is 19.0 Å². The summed E-state index contributed by atoms with van der Waals surface area (Å²) in [5.74, 6) is 2.04. The lowest BCUT2D eigenvalue weighted by atomic mass is 9.73. The molecule has 2 N–H and O–H groups in total. The smallest absolute Gasteiger partial charge is 0.0328 e. The summed E-state index contributed by atoms with van der Waals surface area (Å²) in [7, 11) is 4.39. The minimum Gasteiger partial charge on any atom is -0.329 e. The highest BCUT2D eigenvalue weighted by atomic mass is 15.2. The molecule has 0 aromatic heterocycles. The molecule has 2 unspecified atom stereocenters. The summed E-state index contributed by atoms with van der Waals surface area (Å²) in [4.78, 5) is 2.38. The molecule has 0 bridgehead atoms. The number of nitrogens with two attached hydrogens (primary N) is 1. The Morgan fingerprint density at radius 2 is 1.93 bits per heavy atom. The molecule has 2 heteroatoms. The predicted molar refractivity (Wildman–Crippen MR) is 60.2 cm³/mol. The van der Waals surface area contributed by atoms with Gasteiger partial charge in [-0.05, 0) is 51.6 Å². The minimum absolute atomic E-state index is 0.325. The fraction of sp³-hybridized carbons (Fsp3) is 1.00. The van der Waals surface area contributed by atoms with Gasteiger partial charge >= 0.3 is 0 Å². The molecule has 0 saturated heterocycles. The summed E-state index contributed by atoms with van der Waals surface area (Å²) in [5, 5.41) is 0. The molecule has 2 saturated carbocycles. The lowest BCUT2D eigenvalue weighted by molar-refractivity contribution is 0.0723. The fourth-order valence-electron chi connectivity index (χ4n) is 3.13. The molecule has 0 radical (unpaired) electrons. The quantitative estimate of drug-likeness (QED) is 0.746. The van der Waals surface area contributed by atoms with E-state index in [0.29, 0.717) is 5.54 Å². The van der Waals surface area contributed by atoms with Crippen LogP contribution in [0.15, 0.2) is 0 Å². The van der Waals surface area contributed by atoms with Crippen LogP contribution >= 0.6 is 0 Å². The van der Waals surface area contributed by atoms with Crippen LogP contribution in [0.3, 0.4) is 0 Å². The zero-order chi connectivity index (χ0) is 10.2. The van der Waals surface area contributed by atoms with Gasteiger partial charge in [0.25, 0.3) is 0 Å². The second-order valence-corrected chi connectivity index (χ2v) is 5.52. The van der Waals surface area contributed by atoms with Gasteiger partial charge in [0.15, 0.2) is 0 Å². The standard InChI is InChI=1S/C12H24N2/c1-14(2)12(9-13)7-3-4-11(8-12)10-5-6-10/h10-11H,3-9,13H2,1-2H3. The molecule has 0 aromatic carbocycles. The Morgan fingerprint density at radius 3 is 2.43 bits per heavy atom. The third-order valence-corrected chi connectivity index (χ3v) is 4.48. The van der Waals surface area contributed by atoms with Gasteiger partial charge < -0.3 is 10.6 Å². The molecule has 0 aliphatic heterocycles. The van der Waals surface area contributed by atoms with Crippen LogP contribution in [0.2, 0.25) is 0 Å². The molecule has 2 aliphatic carbocycles. The van der Waals surface area contributed by atoms with Crippen LogP contribution in [0.4, 0.5) is 0 Å². The maximum Gasteiger partial charge on any atom is 0.0328 e. The fourth-order valence-corrected chi connectivity index (χ4v) is 3.13. The third kappa shape index (κ3) is 1.82. The van der Waals surface area contributed by atoms with Gasteiger partial charge in [-0.3, -0.25) is 0 Å². The maximum absolute atomic E-state index is 5.98. The number of rotatable bonds is 3. The van der Waals surface area contributed by atoms with Gasteiger partial charge in [0.05, 0.1) is 0 Å². The Labute approximate surface area is 87.8 Å². The molecule has 2 atom stereocenters. The van der Waals surface area contributed by atoms with E-state index in [0.717, 1.165) is 18.4 Å². The Hall–Kier alpha value is -0.0800. The van der Waals surface area contributed by atoms with E-state index in [-0.39, 0.29) is 0 Å². The summed E-state index contributed by atoms with van der Waals surface area (Å²) >= 11 is 0. The third-order valence-electron chi connectivity index (χ3n) is 4.48. The topological polar surface area (TPSA) is 29.3 Å².